The van der Waals surface area contributed by atoms with Crippen LogP contribution in [-0.2, 0) is 6.42 Å². The van der Waals surface area contributed by atoms with Gasteiger partial charge in [-0.2, -0.15) is 5.26 Å². The molecule has 1 aliphatic rings. The number of nitriles is 1. The maximum Gasteiger partial charge on any atom is 0.0947 e. The van der Waals surface area contributed by atoms with Gasteiger partial charge in [-0.15, -0.1) is 0 Å². The van der Waals surface area contributed by atoms with Crippen LogP contribution in [-0.4, -0.2) is 0 Å². The maximum absolute atomic E-state index is 8.70. The van der Waals surface area contributed by atoms with E-state index in [-0.39, 0.29) is 0 Å². The molecule has 0 radical (unpaired) electrons. The Morgan fingerprint density at radius 3 is 2.25 bits per heavy atom. The van der Waals surface area contributed by atoms with Gasteiger partial charge in [0.15, 0.2) is 0 Å². The molecule has 0 saturated carbocycles. The third kappa shape index (κ3) is 3.90. The van der Waals surface area contributed by atoms with Crippen LogP contribution >= 0.6 is 0 Å². The minimum absolute atomic E-state index is 0.896. The van der Waals surface area contributed by atoms with E-state index in [9.17, 15) is 0 Å². The summed E-state index contributed by atoms with van der Waals surface area (Å²) >= 11 is 0. The number of benzene rings is 1. The van der Waals surface area contributed by atoms with Crippen LogP contribution in [0, 0.1) is 11.3 Å². The topological polar surface area (TPSA) is 23.8 Å². The van der Waals surface area contributed by atoms with Gasteiger partial charge in [-0.3, -0.25) is 0 Å². The van der Waals surface area contributed by atoms with Gasteiger partial charge in [0.05, 0.1) is 6.07 Å². The summed E-state index contributed by atoms with van der Waals surface area (Å²) in [5.74, 6) is 0. The first-order valence-corrected chi connectivity index (χ1v) is 6.09. The molecular formula is C15H21N. The zero-order chi connectivity index (χ0) is 12.4. The highest BCUT2D eigenvalue weighted by atomic mass is 14.3. The number of allylic oxidation sites excluding steroid dienone is 1. The molecule has 0 aromatic heterocycles. The summed E-state index contributed by atoms with van der Waals surface area (Å²) in [6.07, 6.45) is 3.89. The van der Waals surface area contributed by atoms with Crippen LogP contribution in [0.5, 0.6) is 0 Å². The third-order valence-electron chi connectivity index (χ3n) is 2.19. The van der Waals surface area contributed by atoms with Crippen LogP contribution in [0.15, 0.2) is 29.8 Å². The van der Waals surface area contributed by atoms with Crippen LogP contribution in [0.1, 0.15) is 45.2 Å². The highest BCUT2D eigenvalue weighted by molar-refractivity contribution is 5.62. The summed E-state index contributed by atoms with van der Waals surface area (Å²) in [7, 11) is 0. The average Bonchev–Trinajstić information content (AvgIpc) is 2.42. The van der Waals surface area contributed by atoms with Gasteiger partial charge in [-0.1, -0.05) is 52.0 Å². The molecule has 0 unspecified atom stereocenters. The van der Waals surface area contributed by atoms with Crippen molar-refractivity contribution in [3.8, 4) is 6.07 Å². The molecule has 2 rings (SSSR count). The summed E-state index contributed by atoms with van der Waals surface area (Å²) < 4.78 is 0. The minimum Gasteiger partial charge on any atom is -0.193 e. The monoisotopic (exact) mass is 215 g/mol. The first-order chi connectivity index (χ1) is 7.90. The standard InChI is InChI=1S/C11H9N.2C2H6/c12-8-9-5-6-10-3-1-2-4-11(10)7-9;2*1-2/h1-4,7H,5-6H2;2*1-2H3. The Balaban J connectivity index is 0.000000509. The number of aryl methyl sites for hydroxylation is 1. The van der Waals surface area contributed by atoms with Crippen molar-refractivity contribution in [3.63, 3.8) is 0 Å². The zero-order valence-electron chi connectivity index (χ0n) is 10.7. The largest absolute Gasteiger partial charge is 0.193 e. The molecule has 0 bridgehead atoms. The van der Waals surface area contributed by atoms with Crippen molar-refractivity contribution < 1.29 is 0 Å². The fourth-order valence-electron chi connectivity index (χ4n) is 1.52. The number of hydrogen-bond acceptors (Lipinski definition) is 1. The second kappa shape index (κ2) is 8.73. The number of rotatable bonds is 0. The molecule has 1 nitrogen and oxygen atoms in total. The van der Waals surface area contributed by atoms with Crippen molar-refractivity contribution in [1.29, 1.82) is 5.26 Å². The van der Waals surface area contributed by atoms with Crippen LogP contribution in [0.3, 0.4) is 0 Å². The molecular weight excluding hydrogens is 194 g/mol. The lowest BCUT2D eigenvalue weighted by Gasteiger charge is -2.11. The van der Waals surface area contributed by atoms with E-state index >= 15 is 0 Å². The van der Waals surface area contributed by atoms with E-state index in [4.69, 9.17) is 5.26 Å². The molecule has 0 fully saturated rings. The number of nitrogens with zero attached hydrogens (tertiary/aromatic N) is 1. The second-order valence-electron chi connectivity index (χ2n) is 2.98. The average molecular weight is 215 g/mol. The second-order valence-corrected chi connectivity index (χ2v) is 2.98. The third-order valence-corrected chi connectivity index (χ3v) is 2.19. The molecule has 0 saturated heterocycles. The number of fused-ring (bicyclic) bond motifs is 1. The van der Waals surface area contributed by atoms with Crippen LogP contribution in [0.4, 0.5) is 0 Å². The van der Waals surface area contributed by atoms with E-state index in [0.29, 0.717) is 0 Å². The molecule has 0 spiro atoms. The molecule has 1 aliphatic carbocycles. The Morgan fingerprint density at radius 2 is 1.62 bits per heavy atom. The molecule has 1 aromatic carbocycles. The molecule has 1 heteroatoms. The van der Waals surface area contributed by atoms with Crippen molar-refractivity contribution in [2.24, 2.45) is 0 Å². The molecule has 0 N–H and O–H groups in total. The first kappa shape index (κ1) is 14.5. The van der Waals surface area contributed by atoms with E-state index in [0.717, 1.165) is 18.4 Å². The minimum atomic E-state index is 0.896. The van der Waals surface area contributed by atoms with Gasteiger partial charge in [0, 0.05) is 5.57 Å². The molecule has 86 valence electrons. The lowest BCUT2D eigenvalue weighted by Crippen LogP contribution is -1.96. The van der Waals surface area contributed by atoms with Crippen molar-refractivity contribution in [1.82, 2.24) is 0 Å². The van der Waals surface area contributed by atoms with Gasteiger partial charge in [-0.25, -0.2) is 0 Å². The van der Waals surface area contributed by atoms with E-state index in [1.165, 1.54) is 11.1 Å². The van der Waals surface area contributed by atoms with Crippen LogP contribution in [0.2, 0.25) is 0 Å². The normalized spacial score (nSPS) is 11.6. The van der Waals surface area contributed by atoms with Crippen molar-refractivity contribution in [3.05, 3.63) is 41.0 Å². The van der Waals surface area contributed by atoms with Crippen LogP contribution in [0.25, 0.3) is 6.08 Å². The molecule has 16 heavy (non-hydrogen) atoms. The smallest absolute Gasteiger partial charge is 0.0947 e. The number of hydrogen-bond donors (Lipinski definition) is 0. The van der Waals surface area contributed by atoms with Gasteiger partial charge in [0.1, 0.15) is 0 Å². The molecule has 0 amide bonds. The maximum atomic E-state index is 8.70. The Hall–Kier alpha value is -1.55. The van der Waals surface area contributed by atoms with E-state index in [1.54, 1.807) is 0 Å². The molecule has 0 aliphatic heterocycles. The summed E-state index contributed by atoms with van der Waals surface area (Å²) in [6, 6.07) is 10.4. The van der Waals surface area contributed by atoms with Gasteiger partial charge >= 0.3 is 0 Å². The quantitative estimate of drug-likeness (QED) is 0.621. The SMILES string of the molecule is CC.CC.N#CC1=Cc2ccccc2CC1. The lowest BCUT2D eigenvalue weighted by molar-refractivity contribution is 0.953. The van der Waals surface area contributed by atoms with Crippen LogP contribution < -0.4 is 0 Å². The fraction of sp³-hybridized carbons (Fsp3) is 0.400. The summed E-state index contributed by atoms with van der Waals surface area (Å²) in [5.41, 5.74) is 3.46. The van der Waals surface area contributed by atoms with Gasteiger partial charge in [-0.05, 0) is 30.0 Å². The van der Waals surface area contributed by atoms with E-state index in [1.807, 2.05) is 45.9 Å². The molecule has 1 aromatic rings. The van der Waals surface area contributed by atoms with E-state index in [2.05, 4.69) is 18.2 Å². The van der Waals surface area contributed by atoms with Crippen molar-refractivity contribution in [2.45, 2.75) is 40.5 Å². The summed E-state index contributed by atoms with van der Waals surface area (Å²) in [4.78, 5) is 0. The predicted molar refractivity (Wildman–Crippen MR) is 71.0 cm³/mol. The van der Waals surface area contributed by atoms with Crippen molar-refractivity contribution in [2.75, 3.05) is 0 Å². The van der Waals surface area contributed by atoms with Gasteiger partial charge in [0.2, 0.25) is 0 Å². The Bertz CT molecular complexity index is 369. The Morgan fingerprint density at radius 1 is 1.00 bits per heavy atom. The zero-order valence-corrected chi connectivity index (χ0v) is 10.7. The fourth-order valence-corrected chi connectivity index (χ4v) is 1.52. The first-order valence-electron chi connectivity index (χ1n) is 6.09. The molecule has 0 heterocycles. The Kier molecular flexibility index (Phi) is 7.89. The van der Waals surface area contributed by atoms with Gasteiger partial charge in [0.25, 0.3) is 0 Å². The summed E-state index contributed by atoms with van der Waals surface area (Å²) in [6.45, 7) is 8.00. The van der Waals surface area contributed by atoms with E-state index < -0.39 is 0 Å². The Labute approximate surface area is 99.4 Å². The van der Waals surface area contributed by atoms with Crippen molar-refractivity contribution >= 4 is 6.08 Å². The summed E-state index contributed by atoms with van der Waals surface area (Å²) in [5, 5.41) is 8.70. The highest BCUT2D eigenvalue weighted by Gasteiger charge is 2.07. The highest BCUT2D eigenvalue weighted by Crippen LogP contribution is 2.22. The molecule has 0 atom stereocenters. The van der Waals surface area contributed by atoms with Gasteiger partial charge < -0.3 is 0 Å². The predicted octanol–water partition coefficient (Wildman–Crippen LogP) is 4.59. The lowest BCUT2D eigenvalue weighted by atomic mass is 9.93.